The molecule has 0 fully saturated rings. The molecule has 2 aliphatic rings. The van der Waals surface area contributed by atoms with E-state index in [4.69, 9.17) is 65.4 Å². The molecule has 0 spiro atoms. The van der Waals surface area contributed by atoms with E-state index in [1.54, 1.807) is 12.7 Å². The maximum absolute atomic E-state index is 12.2. The number of benzene rings is 4. The molecule has 4 heterocycles. The van der Waals surface area contributed by atoms with Crippen LogP contribution in [-0.2, 0) is 32.0 Å². The summed E-state index contributed by atoms with van der Waals surface area (Å²) < 4.78 is 22.7. The molecular weight excluding hydrogens is 1240 g/mol. The second-order valence-electron chi connectivity index (χ2n) is 19.6. The van der Waals surface area contributed by atoms with E-state index in [1.807, 2.05) is 36.4 Å². The smallest absolute Gasteiger partial charge is 0.314 e. The third-order valence-corrected chi connectivity index (χ3v) is 14.7. The molecule has 26 heteroatoms. The van der Waals surface area contributed by atoms with E-state index in [2.05, 4.69) is 124 Å². The van der Waals surface area contributed by atoms with Crippen LogP contribution < -0.4 is 31.9 Å². The third kappa shape index (κ3) is 22.2. The van der Waals surface area contributed by atoms with Gasteiger partial charge in [-0.3, -0.25) is 0 Å². The molecule has 0 bridgehead atoms. The number of hydrogen-bond acceptors (Lipinski definition) is 14. The van der Waals surface area contributed by atoms with Crippen LogP contribution in [0.3, 0.4) is 0 Å². The highest BCUT2D eigenvalue weighted by atomic mass is 35.5. The number of carbonyl (C=O) groups excluding carboxylic acids is 2. The SMILES string of the molecule is CN1Cc2c(Cl)cc(Cl)cc2[C@H](c2cccc(-c3cc(NCCOCCOCCNC(=O)NCCCCNC(=O)NCCOCCOCCNc4cc(-c5cccc([C@@H]6CN(C)Cc7c(Cl)cc(Cl)cc76)c5)ncn4)ncn3)c2)C1.Cl.Cl.Cl.Cl. The summed E-state index contributed by atoms with van der Waals surface area (Å²) in [6.45, 7) is 9.33. The lowest BCUT2D eigenvalue weighted by Gasteiger charge is -2.33. The van der Waals surface area contributed by atoms with Crippen LogP contribution in [0.5, 0.6) is 0 Å². The van der Waals surface area contributed by atoms with Crippen molar-refractivity contribution < 1.29 is 28.5 Å². The molecule has 18 nitrogen and oxygen atoms in total. The molecule has 4 amide bonds. The lowest BCUT2D eigenvalue weighted by atomic mass is 9.84. The van der Waals surface area contributed by atoms with Crippen LogP contribution in [0.15, 0.2) is 97.6 Å². The summed E-state index contributed by atoms with van der Waals surface area (Å²) in [5.74, 6) is 1.65. The standard InChI is InChI=1S/C58H70Cl4N12O6.4ClH/c1-73-33-47(45-27-43(59)29-51(61)49(45)35-73)39-7-5-9-41(25-39)53-31-55(71-37-69-53)63-13-17-77-21-23-79-19-15-67-57(75)65-11-3-4-12-66-58(76)68-16-20-80-24-22-78-18-14-64-56-32-54(70-38-72-56)42-10-6-8-40(26-42)48-34-74(2)36-50-46(48)28-44(60)30-52(50)62;;;;/h5-10,25-32,37-38,47-48H,3-4,11-24,33-36H2,1-2H3,(H,63,69,71)(H,64,70,72)(H2,65,67,75)(H2,66,68,76);4*1H/t47-,48-;;;;/m0..../s1. The van der Waals surface area contributed by atoms with Crippen molar-refractivity contribution in [3.8, 4) is 22.5 Å². The minimum atomic E-state index is -0.272. The van der Waals surface area contributed by atoms with E-state index in [1.165, 1.54) is 11.1 Å². The van der Waals surface area contributed by atoms with Crippen LogP contribution in [0.4, 0.5) is 21.2 Å². The molecular formula is C58H74Cl8N12O6. The van der Waals surface area contributed by atoms with Gasteiger partial charge in [-0.15, -0.1) is 49.6 Å². The molecule has 6 aromatic rings. The zero-order chi connectivity index (χ0) is 56.1. The number of nitrogens with one attached hydrogen (secondary N) is 6. The third-order valence-electron chi connectivity index (χ3n) is 13.6. The van der Waals surface area contributed by atoms with Gasteiger partial charge < -0.3 is 60.6 Å². The maximum Gasteiger partial charge on any atom is 0.314 e. The van der Waals surface area contributed by atoms with Crippen molar-refractivity contribution in [2.75, 3.05) is 130 Å². The number of urea groups is 2. The quantitative estimate of drug-likeness (QED) is 0.0242. The molecule has 4 aromatic carbocycles. The van der Waals surface area contributed by atoms with Crippen LogP contribution in [0, 0.1) is 0 Å². The predicted molar refractivity (Wildman–Crippen MR) is 345 cm³/mol. The molecule has 84 heavy (non-hydrogen) atoms. The highest BCUT2D eigenvalue weighted by molar-refractivity contribution is 6.35. The Balaban J connectivity index is 0.00000378. The Morgan fingerprint density at radius 2 is 0.869 bits per heavy atom. The Bertz CT molecular complexity index is 2800. The summed E-state index contributed by atoms with van der Waals surface area (Å²) in [6.07, 6.45) is 4.53. The molecule has 2 atom stereocenters. The lowest BCUT2D eigenvalue weighted by molar-refractivity contribution is 0.0533. The van der Waals surface area contributed by atoms with E-state index in [0.29, 0.717) is 137 Å². The Kier molecular flexibility index (Phi) is 32.2. The second-order valence-corrected chi connectivity index (χ2v) is 21.3. The largest absolute Gasteiger partial charge is 0.377 e. The van der Waals surface area contributed by atoms with Crippen molar-refractivity contribution in [2.45, 2.75) is 37.8 Å². The molecule has 8 rings (SSSR count). The molecule has 0 saturated carbocycles. The van der Waals surface area contributed by atoms with Gasteiger partial charge in [-0.1, -0.05) is 82.8 Å². The number of hydrogen-bond donors (Lipinski definition) is 6. The first kappa shape index (κ1) is 71.7. The van der Waals surface area contributed by atoms with E-state index in [-0.39, 0.29) is 73.5 Å². The van der Waals surface area contributed by atoms with Crippen LogP contribution in [0.1, 0.15) is 58.1 Å². The molecule has 458 valence electrons. The average Bonchev–Trinajstić information content (AvgIpc) is 3.55. The number of anilines is 2. The van der Waals surface area contributed by atoms with Gasteiger partial charge in [0.05, 0.1) is 64.2 Å². The number of halogens is 8. The minimum absolute atomic E-state index is 0. The van der Waals surface area contributed by atoms with Gasteiger partial charge in [-0.2, -0.15) is 0 Å². The summed E-state index contributed by atoms with van der Waals surface area (Å²) in [6, 6.07) is 27.9. The Hall–Kier alpha value is -4.74. The molecule has 0 radical (unpaired) electrons. The van der Waals surface area contributed by atoms with Gasteiger partial charge >= 0.3 is 12.1 Å². The summed E-state index contributed by atoms with van der Waals surface area (Å²) in [4.78, 5) is 46.8. The van der Waals surface area contributed by atoms with Crippen molar-refractivity contribution >= 4 is 120 Å². The first-order valence-corrected chi connectivity index (χ1v) is 28.5. The van der Waals surface area contributed by atoms with E-state index < -0.39 is 0 Å². The number of aromatic nitrogens is 4. The molecule has 0 unspecified atom stereocenters. The number of nitrogens with zero attached hydrogens (tertiary/aromatic N) is 6. The van der Waals surface area contributed by atoms with Crippen molar-refractivity contribution in [1.29, 1.82) is 0 Å². The first-order valence-electron chi connectivity index (χ1n) is 27.0. The molecule has 2 aromatic heterocycles. The molecule has 2 aliphatic heterocycles. The average molecular weight is 1320 g/mol. The fraction of sp³-hybridized carbons (Fsp3) is 0.414. The first-order chi connectivity index (χ1) is 39.0. The summed E-state index contributed by atoms with van der Waals surface area (Å²) in [5.41, 5.74) is 10.5. The topological polar surface area (TPSA) is 201 Å². The molecule has 6 N–H and O–H groups in total. The summed E-state index contributed by atoms with van der Waals surface area (Å²) in [5, 5.41) is 20.5. The monoisotopic (exact) mass is 1310 g/mol. The van der Waals surface area contributed by atoms with Crippen molar-refractivity contribution in [3.05, 3.63) is 151 Å². The highest BCUT2D eigenvalue weighted by Crippen LogP contribution is 2.41. The normalized spacial score (nSPS) is 14.5. The number of likely N-dealkylation sites (N-methyl/N-ethyl adjacent to an activating group) is 2. The zero-order valence-electron chi connectivity index (χ0n) is 46.8. The van der Waals surface area contributed by atoms with Gasteiger partial charge in [0.15, 0.2) is 0 Å². The lowest BCUT2D eigenvalue weighted by Crippen LogP contribution is -2.39. The van der Waals surface area contributed by atoms with Crippen molar-refractivity contribution in [1.82, 2.24) is 51.0 Å². The number of unbranched alkanes of at least 4 members (excludes halogenated alkanes) is 1. The Morgan fingerprint density at radius 3 is 1.27 bits per heavy atom. The van der Waals surface area contributed by atoms with Crippen molar-refractivity contribution in [2.24, 2.45) is 0 Å². The zero-order valence-corrected chi connectivity index (χ0v) is 53.1. The van der Waals surface area contributed by atoms with Crippen molar-refractivity contribution in [3.63, 3.8) is 0 Å². The van der Waals surface area contributed by atoms with Crippen LogP contribution in [0.2, 0.25) is 20.1 Å². The van der Waals surface area contributed by atoms with Gasteiger partial charge in [0.2, 0.25) is 0 Å². The van der Waals surface area contributed by atoms with Gasteiger partial charge in [0.1, 0.15) is 24.3 Å². The van der Waals surface area contributed by atoms with Gasteiger partial charge in [0, 0.05) is 121 Å². The summed E-state index contributed by atoms with van der Waals surface area (Å²) in [7, 11) is 4.21. The Morgan fingerprint density at radius 1 is 0.488 bits per heavy atom. The molecule has 0 saturated heterocycles. The van der Waals surface area contributed by atoms with Crippen LogP contribution in [0.25, 0.3) is 22.5 Å². The fourth-order valence-corrected chi connectivity index (χ4v) is 10.9. The number of ether oxygens (including phenoxy) is 4. The van der Waals surface area contributed by atoms with Crippen LogP contribution >= 0.6 is 96.0 Å². The van der Waals surface area contributed by atoms with E-state index in [0.717, 1.165) is 70.9 Å². The van der Waals surface area contributed by atoms with E-state index in [9.17, 15) is 9.59 Å². The van der Waals surface area contributed by atoms with Crippen LogP contribution in [-0.4, -0.2) is 161 Å². The maximum atomic E-state index is 12.2. The predicted octanol–water partition coefficient (Wildman–Crippen LogP) is 11.0. The van der Waals surface area contributed by atoms with E-state index >= 15 is 0 Å². The minimum Gasteiger partial charge on any atom is -0.377 e. The Labute approximate surface area is 536 Å². The number of fused-ring (bicyclic) bond motifs is 2. The van der Waals surface area contributed by atoms with Gasteiger partial charge in [0.25, 0.3) is 0 Å². The number of carbonyl (C=O) groups is 2. The molecule has 0 aliphatic carbocycles. The number of amides is 4. The summed E-state index contributed by atoms with van der Waals surface area (Å²) >= 11 is 26.1. The highest BCUT2D eigenvalue weighted by Gasteiger charge is 2.29. The van der Waals surface area contributed by atoms with Gasteiger partial charge in [-0.05, 0) is 96.7 Å². The second kappa shape index (κ2) is 37.7. The van der Waals surface area contributed by atoms with Gasteiger partial charge in [-0.25, -0.2) is 29.5 Å². The number of rotatable bonds is 29. The fourth-order valence-electron chi connectivity index (χ4n) is 9.71.